The van der Waals surface area contributed by atoms with Crippen molar-refractivity contribution in [3.05, 3.63) is 65.7 Å². The molecule has 3 amide bonds. The number of nitrogens with one attached hydrogen (secondary N) is 2. The van der Waals surface area contributed by atoms with Crippen molar-refractivity contribution >= 4 is 17.8 Å². The quantitative estimate of drug-likeness (QED) is 0.875. The fourth-order valence-electron chi connectivity index (χ4n) is 2.80. The summed E-state index contributed by atoms with van der Waals surface area (Å²) < 4.78 is 4.84. The minimum absolute atomic E-state index is 0.0125. The number of hydrogen-bond donors (Lipinski definition) is 2. The molecule has 0 spiro atoms. The molecule has 25 heavy (non-hydrogen) atoms. The summed E-state index contributed by atoms with van der Waals surface area (Å²) in [4.78, 5) is 25.4. The first-order valence-electron chi connectivity index (χ1n) is 8.29. The van der Waals surface area contributed by atoms with Gasteiger partial charge in [0, 0.05) is 18.8 Å². The predicted octanol–water partition coefficient (Wildman–Crippen LogP) is 3.52. The van der Waals surface area contributed by atoms with Gasteiger partial charge in [0.25, 0.3) is 0 Å². The first-order chi connectivity index (χ1) is 12.2. The summed E-state index contributed by atoms with van der Waals surface area (Å²) in [6, 6.07) is 17.3. The van der Waals surface area contributed by atoms with Gasteiger partial charge in [0.15, 0.2) is 0 Å². The number of carbonyl (C=O) groups excluding carboxylic acids is 2. The van der Waals surface area contributed by atoms with Crippen molar-refractivity contribution in [1.82, 2.24) is 10.2 Å². The van der Waals surface area contributed by atoms with Crippen LogP contribution in [0.15, 0.2) is 54.6 Å². The molecule has 0 saturated carbocycles. The molecule has 6 nitrogen and oxygen atoms in total. The van der Waals surface area contributed by atoms with E-state index in [4.69, 9.17) is 4.74 Å². The Hall–Kier alpha value is -3.02. The minimum Gasteiger partial charge on any atom is -0.450 e. The third-order valence-electron chi connectivity index (χ3n) is 4.04. The van der Waals surface area contributed by atoms with Crippen molar-refractivity contribution in [2.24, 2.45) is 0 Å². The molecular weight excluding hydrogens is 318 g/mol. The summed E-state index contributed by atoms with van der Waals surface area (Å²) in [5.74, 6) is 0. The van der Waals surface area contributed by atoms with E-state index in [1.54, 1.807) is 24.0 Å². The van der Waals surface area contributed by atoms with Crippen molar-refractivity contribution in [1.29, 1.82) is 0 Å². The van der Waals surface area contributed by atoms with E-state index in [0.29, 0.717) is 25.4 Å². The third kappa shape index (κ3) is 4.29. The fourth-order valence-corrected chi connectivity index (χ4v) is 2.80. The summed E-state index contributed by atoms with van der Waals surface area (Å²) in [5, 5.41) is 5.65. The summed E-state index contributed by atoms with van der Waals surface area (Å²) in [5.41, 5.74) is 2.76. The number of hydrogen-bond acceptors (Lipinski definition) is 3. The molecule has 0 radical (unpaired) electrons. The van der Waals surface area contributed by atoms with Crippen LogP contribution in [0.2, 0.25) is 0 Å². The van der Waals surface area contributed by atoms with E-state index in [2.05, 4.69) is 10.6 Å². The molecule has 2 N–H and O–H groups in total. The van der Waals surface area contributed by atoms with Crippen LogP contribution in [-0.2, 0) is 11.3 Å². The summed E-state index contributed by atoms with van der Waals surface area (Å²) in [6.07, 6.45) is -0.472. The second kappa shape index (κ2) is 7.70. The van der Waals surface area contributed by atoms with Crippen LogP contribution >= 0.6 is 0 Å². The van der Waals surface area contributed by atoms with E-state index in [-0.39, 0.29) is 12.1 Å². The van der Waals surface area contributed by atoms with Gasteiger partial charge in [-0.1, -0.05) is 42.5 Å². The molecule has 2 aromatic rings. The number of urea groups is 1. The smallest absolute Gasteiger partial charge is 0.411 e. The number of benzene rings is 2. The number of nitrogens with zero attached hydrogens (tertiary/aromatic N) is 1. The van der Waals surface area contributed by atoms with E-state index < -0.39 is 6.09 Å². The Bertz CT molecular complexity index is 731. The summed E-state index contributed by atoms with van der Waals surface area (Å²) >= 11 is 0. The Morgan fingerprint density at radius 2 is 1.92 bits per heavy atom. The summed E-state index contributed by atoms with van der Waals surface area (Å²) in [6.45, 7) is 3.24. The number of rotatable bonds is 5. The van der Waals surface area contributed by atoms with Crippen molar-refractivity contribution in [2.75, 3.05) is 18.5 Å². The monoisotopic (exact) mass is 339 g/mol. The summed E-state index contributed by atoms with van der Waals surface area (Å²) in [7, 11) is 0. The van der Waals surface area contributed by atoms with E-state index in [9.17, 15) is 9.59 Å². The number of amides is 3. The highest BCUT2D eigenvalue weighted by atomic mass is 16.5. The lowest BCUT2D eigenvalue weighted by atomic mass is 10.1. The van der Waals surface area contributed by atoms with Crippen LogP contribution in [0.4, 0.5) is 15.3 Å². The van der Waals surface area contributed by atoms with Gasteiger partial charge < -0.3 is 15.0 Å². The highest BCUT2D eigenvalue weighted by Crippen LogP contribution is 2.22. The topological polar surface area (TPSA) is 70.7 Å². The molecule has 3 rings (SSSR count). The van der Waals surface area contributed by atoms with Gasteiger partial charge in [-0.05, 0) is 30.2 Å². The average molecular weight is 339 g/mol. The number of ether oxygens (including phenoxy) is 1. The maximum absolute atomic E-state index is 12.2. The maximum atomic E-state index is 12.2. The molecule has 0 bridgehead atoms. The average Bonchev–Trinajstić information content (AvgIpc) is 2.98. The van der Waals surface area contributed by atoms with Gasteiger partial charge in [-0.15, -0.1) is 0 Å². The minimum atomic E-state index is -0.472. The van der Waals surface area contributed by atoms with Gasteiger partial charge >= 0.3 is 12.1 Å². The van der Waals surface area contributed by atoms with Crippen LogP contribution in [-0.4, -0.2) is 30.2 Å². The Balaban J connectivity index is 1.59. The molecule has 0 aliphatic carbocycles. The normalized spacial score (nSPS) is 16.4. The fraction of sp³-hybridized carbons (Fsp3) is 0.263. The molecule has 1 atom stereocenters. The lowest BCUT2D eigenvalue weighted by Gasteiger charge is -2.15. The zero-order valence-corrected chi connectivity index (χ0v) is 14.1. The van der Waals surface area contributed by atoms with E-state index in [1.807, 2.05) is 42.5 Å². The molecule has 130 valence electrons. The molecule has 0 aromatic heterocycles. The van der Waals surface area contributed by atoms with Crippen LogP contribution in [0.1, 0.15) is 24.1 Å². The molecular formula is C19H21N3O3. The Kier molecular flexibility index (Phi) is 5.18. The van der Waals surface area contributed by atoms with Gasteiger partial charge in [-0.3, -0.25) is 5.32 Å². The Labute approximate surface area is 146 Å². The standard InChI is InChI=1S/C19H21N3O3/c1-2-25-19(24)20-16-10-8-14(9-11-16)12-22-13-17(21-18(22)23)15-6-4-3-5-7-15/h3-11,17H,2,12-13H2,1H3,(H,20,24)(H,21,23)/t17-/m1/s1. The van der Waals surface area contributed by atoms with Gasteiger partial charge in [0.1, 0.15) is 0 Å². The predicted molar refractivity (Wildman–Crippen MR) is 95.2 cm³/mol. The zero-order valence-electron chi connectivity index (χ0n) is 14.1. The van der Waals surface area contributed by atoms with Crippen LogP contribution in [0.25, 0.3) is 0 Å². The number of anilines is 1. The van der Waals surface area contributed by atoms with Crippen molar-refractivity contribution in [3.8, 4) is 0 Å². The second-order valence-corrected chi connectivity index (χ2v) is 5.84. The van der Waals surface area contributed by atoms with Gasteiger partial charge in [-0.2, -0.15) is 0 Å². The Morgan fingerprint density at radius 1 is 1.20 bits per heavy atom. The first-order valence-corrected chi connectivity index (χ1v) is 8.29. The lowest BCUT2D eigenvalue weighted by Crippen LogP contribution is -2.27. The molecule has 6 heteroatoms. The van der Waals surface area contributed by atoms with Crippen LogP contribution < -0.4 is 10.6 Å². The highest BCUT2D eigenvalue weighted by molar-refractivity contribution is 5.84. The Morgan fingerprint density at radius 3 is 2.60 bits per heavy atom. The first kappa shape index (κ1) is 16.8. The third-order valence-corrected chi connectivity index (χ3v) is 4.04. The molecule has 1 fully saturated rings. The number of carbonyl (C=O) groups is 2. The largest absolute Gasteiger partial charge is 0.450 e. The van der Waals surface area contributed by atoms with Crippen LogP contribution in [0.3, 0.4) is 0 Å². The van der Waals surface area contributed by atoms with Crippen molar-refractivity contribution in [3.63, 3.8) is 0 Å². The van der Waals surface area contributed by atoms with Gasteiger partial charge in [-0.25, -0.2) is 9.59 Å². The van der Waals surface area contributed by atoms with Crippen molar-refractivity contribution in [2.45, 2.75) is 19.5 Å². The van der Waals surface area contributed by atoms with Crippen LogP contribution in [0, 0.1) is 0 Å². The lowest BCUT2D eigenvalue weighted by molar-refractivity contribution is 0.168. The maximum Gasteiger partial charge on any atom is 0.411 e. The van der Waals surface area contributed by atoms with E-state index >= 15 is 0 Å². The molecule has 1 aliphatic rings. The SMILES string of the molecule is CCOC(=O)Nc1ccc(CN2C[C@H](c3ccccc3)NC2=O)cc1. The highest BCUT2D eigenvalue weighted by Gasteiger charge is 2.29. The molecule has 1 aliphatic heterocycles. The zero-order chi connectivity index (χ0) is 17.6. The molecule has 0 unspecified atom stereocenters. The van der Waals surface area contributed by atoms with E-state index in [0.717, 1.165) is 11.1 Å². The van der Waals surface area contributed by atoms with Gasteiger partial charge in [0.05, 0.1) is 12.6 Å². The molecule has 2 aromatic carbocycles. The molecule has 1 saturated heterocycles. The van der Waals surface area contributed by atoms with E-state index in [1.165, 1.54) is 0 Å². The van der Waals surface area contributed by atoms with Crippen molar-refractivity contribution < 1.29 is 14.3 Å². The molecule has 1 heterocycles. The van der Waals surface area contributed by atoms with Crippen LogP contribution in [0.5, 0.6) is 0 Å². The van der Waals surface area contributed by atoms with Gasteiger partial charge in [0.2, 0.25) is 0 Å². The second-order valence-electron chi connectivity index (χ2n) is 5.84.